The van der Waals surface area contributed by atoms with Crippen molar-refractivity contribution < 1.29 is 9.59 Å². The summed E-state index contributed by atoms with van der Waals surface area (Å²) in [6, 6.07) is 18.7. The maximum absolute atomic E-state index is 12.3. The van der Waals surface area contributed by atoms with Crippen molar-refractivity contribution in [2.45, 2.75) is 19.9 Å². The number of amides is 1. The van der Waals surface area contributed by atoms with Gasteiger partial charge in [-0.05, 0) is 43.2 Å². The van der Waals surface area contributed by atoms with Gasteiger partial charge in [-0.15, -0.1) is 0 Å². The topological polar surface area (TPSA) is 103 Å². The zero-order chi connectivity index (χ0) is 21.8. The number of fused-ring (bicyclic) bond motifs is 1. The summed E-state index contributed by atoms with van der Waals surface area (Å²) in [4.78, 5) is 33.0. The van der Waals surface area contributed by atoms with Crippen molar-refractivity contribution in [1.82, 2.24) is 14.5 Å². The molecule has 4 rings (SSSR count). The Morgan fingerprint density at radius 1 is 1.06 bits per heavy atom. The highest BCUT2D eigenvalue weighted by molar-refractivity contribution is 5.99. The smallest absolute Gasteiger partial charge is 0.284 e. The number of anilines is 1. The molecule has 2 aromatic carbocycles. The second kappa shape index (κ2) is 8.79. The van der Waals surface area contributed by atoms with E-state index < -0.39 is 5.91 Å². The fourth-order valence-electron chi connectivity index (χ4n) is 3.45. The predicted octanol–water partition coefficient (Wildman–Crippen LogP) is 3.38. The maximum atomic E-state index is 12.3. The van der Waals surface area contributed by atoms with Gasteiger partial charge in [0.05, 0.1) is 17.6 Å². The molecule has 0 aliphatic carbocycles. The van der Waals surface area contributed by atoms with Gasteiger partial charge in [0.1, 0.15) is 0 Å². The summed E-state index contributed by atoms with van der Waals surface area (Å²) in [5, 5.41) is 3.13. The normalized spacial score (nSPS) is 10.9. The number of hydrogen-bond donors (Lipinski definition) is 2. The number of carbonyl (C=O) groups is 2. The molecule has 31 heavy (non-hydrogen) atoms. The van der Waals surface area contributed by atoms with E-state index in [2.05, 4.69) is 15.3 Å². The lowest BCUT2D eigenvalue weighted by atomic mass is 10.1. The molecule has 2 aromatic heterocycles. The number of nitrogens with one attached hydrogen (secondary N) is 1. The van der Waals surface area contributed by atoms with E-state index >= 15 is 0 Å². The molecule has 0 saturated carbocycles. The minimum atomic E-state index is -0.577. The van der Waals surface area contributed by atoms with Gasteiger partial charge in [-0.2, -0.15) is 0 Å². The summed E-state index contributed by atoms with van der Waals surface area (Å²) in [7, 11) is 0. The van der Waals surface area contributed by atoms with Gasteiger partial charge in [0.25, 0.3) is 5.91 Å². The van der Waals surface area contributed by atoms with Gasteiger partial charge in [-0.1, -0.05) is 36.4 Å². The highest BCUT2D eigenvalue weighted by atomic mass is 16.1. The first-order chi connectivity index (χ1) is 15.0. The molecular weight excluding hydrogens is 390 g/mol. The third-order valence-electron chi connectivity index (χ3n) is 5.11. The van der Waals surface area contributed by atoms with E-state index in [1.807, 2.05) is 66.2 Å². The molecule has 0 spiro atoms. The third kappa shape index (κ3) is 4.61. The zero-order valence-electron chi connectivity index (χ0n) is 17.2. The molecule has 3 N–H and O–H groups in total. The number of pyridine rings is 1. The number of aryl methyl sites for hydroxylation is 3. The molecule has 0 bridgehead atoms. The van der Waals surface area contributed by atoms with Crippen molar-refractivity contribution in [2.24, 2.45) is 5.73 Å². The molecule has 1 amide bonds. The fourth-order valence-corrected chi connectivity index (χ4v) is 3.45. The molecule has 156 valence electrons. The molecule has 0 radical (unpaired) electrons. The van der Waals surface area contributed by atoms with E-state index in [4.69, 9.17) is 5.73 Å². The Bertz CT molecular complexity index is 1230. The average molecular weight is 413 g/mol. The van der Waals surface area contributed by atoms with Crippen LogP contribution in [0.2, 0.25) is 0 Å². The lowest BCUT2D eigenvalue weighted by molar-refractivity contribution is 0.0984. The zero-order valence-corrected chi connectivity index (χ0v) is 17.2. The standard InChI is InChI=1S/C24H23N5O2/c1-16-7-8-17(14-26-16)11-12-29-21-10-9-19(13-20(21)28-24(29)23(25)31)27-15-22(30)18-5-3-2-4-6-18/h2-10,13-14,27H,11-12,15H2,1H3,(H2,25,31). The molecule has 0 aliphatic rings. The van der Waals surface area contributed by atoms with Crippen LogP contribution in [-0.2, 0) is 13.0 Å². The average Bonchev–Trinajstić information content (AvgIpc) is 3.16. The number of nitrogens with two attached hydrogens (primary N) is 1. The van der Waals surface area contributed by atoms with Crippen molar-refractivity contribution >= 4 is 28.4 Å². The minimum absolute atomic E-state index is 0.00393. The van der Waals surface area contributed by atoms with Crippen molar-refractivity contribution in [3.63, 3.8) is 0 Å². The minimum Gasteiger partial charge on any atom is -0.378 e. The first kappa shape index (κ1) is 20.3. The van der Waals surface area contributed by atoms with Crippen molar-refractivity contribution in [1.29, 1.82) is 0 Å². The first-order valence-electron chi connectivity index (χ1n) is 10.0. The van der Waals surface area contributed by atoms with E-state index in [-0.39, 0.29) is 18.2 Å². The van der Waals surface area contributed by atoms with Crippen molar-refractivity contribution in [3.05, 3.63) is 89.5 Å². The Hall–Kier alpha value is -4.00. The summed E-state index contributed by atoms with van der Waals surface area (Å²) in [6.07, 6.45) is 2.54. The second-order valence-electron chi connectivity index (χ2n) is 7.36. The van der Waals surface area contributed by atoms with Crippen molar-refractivity contribution in [3.8, 4) is 0 Å². The molecule has 2 heterocycles. The number of ketones is 1. The van der Waals surface area contributed by atoms with Gasteiger partial charge in [0.2, 0.25) is 0 Å². The van der Waals surface area contributed by atoms with Crippen LogP contribution in [0.3, 0.4) is 0 Å². The Kier molecular flexibility index (Phi) is 5.75. The first-order valence-corrected chi connectivity index (χ1v) is 10.0. The Labute approximate surface area is 179 Å². The molecule has 0 saturated heterocycles. The largest absolute Gasteiger partial charge is 0.378 e. The molecule has 4 aromatic rings. The Morgan fingerprint density at radius 3 is 2.58 bits per heavy atom. The van der Waals surface area contributed by atoms with Gasteiger partial charge in [-0.25, -0.2) is 4.98 Å². The number of hydrogen-bond acceptors (Lipinski definition) is 5. The lowest BCUT2D eigenvalue weighted by Gasteiger charge is -2.09. The summed E-state index contributed by atoms with van der Waals surface area (Å²) in [5.74, 6) is -0.365. The van der Waals surface area contributed by atoms with E-state index in [9.17, 15) is 9.59 Å². The number of benzene rings is 2. The Morgan fingerprint density at radius 2 is 1.87 bits per heavy atom. The SMILES string of the molecule is Cc1ccc(CCn2c(C(N)=O)nc3cc(NCC(=O)c4ccccc4)ccc32)cn1. The van der Waals surface area contributed by atoms with Gasteiger partial charge in [0.15, 0.2) is 11.6 Å². The van der Waals surface area contributed by atoms with Gasteiger partial charge in [0, 0.05) is 29.7 Å². The quantitative estimate of drug-likeness (QED) is 0.431. The van der Waals surface area contributed by atoms with Crippen LogP contribution in [0.25, 0.3) is 11.0 Å². The van der Waals surface area contributed by atoms with Gasteiger partial charge >= 0.3 is 0 Å². The van der Waals surface area contributed by atoms with Crippen LogP contribution < -0.4 is 11.1 Å². The highest BCUT2D eigenvalue weighted by Crippen LogP contribution is 2.21. The molecule has 0 unspecified atom stereocenters. The summed E-state index contributed by atoms with van der Waals surface area (Å²) < 4.78 is 1.83. The van der Waals surface area contributed by atoms with Crippen LogP contribution in [-0.4, -0.2) is 32.8 Å². The van der Waals surface area contributed by atoms with Crippen molar-refractivity contribution in [2.75, 3.05) is 11.9 Å². The number of Topliss-reactive ketones (excluding diaryl/α,β-unsaturated/α-hetero) is 1. The van der Waals surface area contributed by atoms with Crippen LogP contribution in [0.15, 0.2) is 66.9 Å². The molecule has 0 atom stereocenters. The number of nitrogens with zero attached hydrogens (tertiary/aromatic N) is 3. The number of aromatic nitrogens is 3. The Balaban J connectivity index is 1.53. The van der Waals surface area contributed by atoms with Crippen LogP contribution in [0.5, 0.6) is 0 Å². The lowest BCUT2D eigenvalue weighted by Crippen LogP contribution is -2.19. The summed E-state index contributed by atoms with van der Waals surface area (Å²) in [6.45, 7) is 2.66. The van der Waals surface area contributed by atoms with Crippen LogP contribution in [0, 0.1) is 6.92 Å². The van der Waals surface area contributed by atoms with Gasteiger partial charge in [-0.3, -0.25) is 14.6 Å². The number of primary amides is 1. The highest BCUT2D eigenvalue weighted by Gasteiger charge is 2.16. The van der Waals surface area contributed by atoms with Crippen LogP contribution in [0.1, 0.15) is 32.2 Å². The molecule has 7 nitrogen and oxygen atoms in total. The fraction of sp³-hybridized carbons (Fsp3) is 0.167. The number of carbonyl (C=O) groups excluding carboxylic acids is 2. The summed E-state index contributed by atoms with van der Waals surface area (Å²) in [5.41, 5.74) is 10.5. The molecule has 7 heteroatoms. The predicted molar refractivity (Wildman–Crippen MR) is 120 cm³/mol. The van der Waals surface area contributed by atoms with E-state index in [1.54, 1.807) is 12.1 Å². The monoisotopic (exact) mass is 413 g/mol. The van der Waals surface area contributed by atoms with Crippen LogP contribution in [0.4, 0.5) is 5.69 Å². The molecule has 0 fully saturated rings. The third-order valence-corrected chi connectivity index (χ3v) is 5.11. The number of rotatable bonds is 8. The summed E-state index contributed by atoms with van der Waals surface area (Å²) >= 11 is 0. The van der Waals surface area contributed by atoms with E-state index in [0.717, 1.165) is 22.5 Å². The maximum Gasteiger partial charge on any atom is 0.284 e. The van der Waals surface area contributed by atoms with Gasteiger partial charge < -0.3 is 15.6 Å². The second-order valence-corrected chi connectivity index (χ2v) is 7.36. The number of imidazole rings is 1. The van der Waals surface area contributed by atoms with E-state index in [0.29, 0.717) is 24.0 Å². The van der Waals surface area contributed by atoms with E-state index in [1.165, 1.54) is 0 Å². The molecular formula is C24H23N5O2. The molecule has 0 aliphatic heterocycles. The van der Waals surface area contributed by atoms with Crippen LogP contribution >= 0.6 is 0 Å².